The molecule has 0 aliphatic rings. The van der Waals surface area contributed by atoms with Gasteiger partial charge in [0.15, 0.2) is 5.71 Å². The topological polar surface area (TPSA) is 94.9 Å². The normalized spacial score (nSPS) is 11.0. The quantitative estimate of drug-likeness (QED) is 0.320. The fourth-order valence-electron chi connectivity index (χ4n) is 2.57. The zero-order chi connectivity index (χ0) is 22.2. The van der Waals surface area contributed by atoms with E-state index in [0.717, 1.165) is 11.2 Å². The number of amides is 1. The Labute approximate surface area is 182 Å². The fourth-order valence-corrected chi connectivity index (χ4v) is 3.09. The summed E-state index contributed by atoms with van der Waals surface area (Å²) in [5.74, 6) is -1.45. The van der Waals surface area contributed by atoms with Gasteiger partial charge in [-0.25, -0.2) is 0 Å². The largest absolute Gasteiger partial charge is 0.436 e. The van der Waals surface area contributed by atoms with Gasteiger partial charge in [0.2, 0.25) is 5.82 Å². The minimum Gasteiger partial charge on any atom is -0.436 e. The summed E-state index contributed by atoms with van der Waals surface area (Å²) in [6.07, 6.45) is 3.01. The molecule has 0 spiro atoms. The van der Waals surface area contributed by atoms with Gasteiger partial charge in [0.25, 0.3) is 17.7 Å². The number of nitrogens with one attached hydrogen (secondary N) is 1. The monoisotopic (exact) mass is 442 g/mol. The van der Waals surface area contributed by atoms with Crippen LogP contribution in [0.25, 0.3) is 0 Å². The molecule has 8 nitrogen and oxygen atoms in total. The van der Waals surface area contributed by atoms with Crippen molar-refractivity contribution in [2.75, 3.05) is 20.4 Å². The highest BCUT2D eigenvalue weighted by molar-refractivity contribution is 7.98. The van der Waals surface area contributed by atoms with E-state index in [1.165, 1.54) is 25.9 Å². The van der Waals surface area contributed by atoms with Crippen molar-refractivity contribution in [2.24, 2.45) is 5.16 Å². The van der Waals surface area contributed by atoms with Crippen LogP contribution < -0.4 is 14.8 Å². The summed E-state index contributed by atoms with van der Waals surface area (Å²) in [4.78, 5) is 25.5. The molecule has 0 aliphatic heterocycles. The van der Waals surface area contributed by atoms with Crippen LogP contribution in [0.15, 0.2) is 64.9 Å². The molecule has 0 saturated heterocycles. The zero-order valence-corrected chi connectivity index (χ0v) is 17.8. The summed E-state index contributed by atoms with van der Waals surface area (Å²) in [7, 11) is 2.77. The molecule has 0 bridgehead atoms. The standard InChI is InChI=1S/C21H19FN4O4S/c1-23-19(27)18(26-28-2)13-8-4-5-9-14(13)29-20-17(22)21(25-12-24-20)30-15-10-6-7-11-16(15)31-3/h4-12H,1-3H3,(H,23,27). The molecule has 1 N–H and O–H groups in total. The fraction of sp³-hybridized carbons (Fsp3) is 0.143. The van der Waals surface area contributed by atoms with E-state index in [-0.39, 0.29) is 28.8 Å². The Morgan fingerprint density at radius 3 is 2.29 bits per heavy atom. The summed E-state index contributed by atoms with van der Waals surface area (Å²) in [5, 5.41) is 6.22. The summed E-state index contributed by atoms with van der Waals surface area (Å²) in [6.45, 7) is 0. The molecule has 3 aromatic rings. The molecule has 1 heterocycles. The average molecular weight is 442 g/mol. The minimum atomic E-state index is -0.890. The van der Waals surface area contributed by atoms with Gasteiger partial charge >= 0.3 is 0 Å². The number of likely N-dealkylation sites (N-methyl/N-ethyl adjacent to an activating group) is 1. The highest BCUT2D eigenvalue weighted by Gasteiger charge is 2.22. The second-order valence-corrected chi connectivity index (χ2v) is 6.70. The lowest BCUT2D eigenvalue weighted by Gasteiger charge is -2.13. The van der Waals surface area contributed by atoms with E-state index >= 15 is 4.39 Å². The Balaban J connectivity index is 1.95. The first-order valence-corrected chi connectivity index (χ1v) is 10.2. The molecule has 160 valence electrons. The molecule has 0 saturated carbocycles. The van der Waals surface area contributed by atoms with Crippen LogP contribution in [0.4, 0.5) is 4.39 Å². The lowest BCUT2D eigenvalue weighted by atomic mass is 10.1. The molecule has 0 unspecified atom stereocenters. The van der Waals surface area contributed by atoms with E-state index in [2.05, 4.69) is 20.4 Å². The number of rotatable bonds is 8. The molecule has 0 aliphatic carbocycles. The number of aromatic nitrogens is 2. The van der Waals surface area contributed by atoms with Crippen LogP contribution in [0.1, 0.15) is 5.56 Å². The predicted octanol–water partition coefficient (Wildman–Crippen LogP) is 4.02. The predicted molar refractivity (Wildman–Crippen MR) is 114 cm³/mol. The van der Waals surface area contributed by atoms with Gasteiger partial charge in [-0.1, -0.05) is 29.4 Å². The third-order valence-electron chi connectivity index (χ3n) is 3.97. The second kappa shape index (κ2) is 10.4. The Bertz CT molecular complexity index is 1110. The number of halogens is 1. The van der Waals surface area contributed by atoms with Crippen LogP contribution in [0.2, 0.25) is 0 Å². The Kier molecular flexibility index (Phi) is 7.39. The van der Waals surface area contributed by atoms with Gasteiger partial charge in [0, 0.05) is 11.9 Å². The van der Waals surface area contributed by atoms with Gasteiger partial charge in [-0.3, -0.25) is 4.79 Å². The van der Waals surface area contributed by atoms with Crippen LogP contribution >= 0.6 is 11.8 Å². The number of oxime groups is 1. The number of carbonyl (C=O) groups excluding carboxylic acids is 1. The van der Waals surface area contributed by atoms with Gasteiger partial charge in [-0.05, 0) is 30.5 Å². The van der Waals surface area contributed by atoms with Crippen LogP contribution in [-0.4, -0.2) is 42.0 Å². The average Bonchev–Trinajstić information content (AvgIpc) is 2.80. The maximum atomic E-state index is 15.1. The Morgan fingerprint density at radius 1 is 1.03 bits per heavy atom. The molecule has 0 atom stereocenters. The van der Waals surface area contributed by atoms with Crippen LogP contribution in [-0.2, 0) is 9.63 Å². The summed E-state index contributed by atoms with van der Waals surface area (Å²) < 4.78 is 26.4. The lowest BCUT2D eigenvalue weighted by molar-refractivity contribution is -0.114. The molecule has 0 radical (unpaired) electrons. The van der Waals surface area contributed by atoms with E-state index in [1.54, 1.807) is 36.4 Å². The molecule has 3 rings (SSSR count). The first kappa shape index (κ1) is 22.0. The zero-order valence-electron chi connectivity index (χ0n) is 17.0. The van der Waals surface area contributed by atoms with Crippen molar-refractivity contribution in [2.45, 2.75) is 4.90 Å². The van der Waals surface area contributed by atoms with E-state index in [4.69, 9.17) is 14.3 Å². The number of ether oxygens (including phenoxy) is 2. The van der Waals surface area contributed by atoms with Crippen LogP contribution in [0.3, 0.4) is 0 Å². The van der Waals surface area contributed by atoms with Crippen molar-refractivity contribution in [1.82, 2.24) is 15.3 Å². The van der Waals surface area contributed by atoms with Crippen molar-refractivity contribution in [1.29, 1.82) is 0 Å². The summed E-state index contributed by atoms with van der Waals surface area (Å²) in [6, 6.07) is 13.7. The first-order valence-electron chi connectivity index (χ1n) is 9.00. The van der Waals surface area contributed by atoms with Gasteiger partial charge in [-0.15, -0.1) is 11.8 Å². The number of nitrogens with zero attached hydrogens (tertiary/aromatic N) is 3. The SMILES string of the molecule is CNC(=O)C(=NOC)c1ccccc1Oc1ncnc(Oc2ccccc2SC)c1F. The minimum absolute atomic E-state index is 0.0413. The maximum Gasteiger partial charge on any atom is 0.273 e. The maximum absolute atomic E-state index is 15.1. The molecule has 1 amide bonds. The van der Waals surface area contributed by atoms with Gasteiger partial charge < -0.3 is 19.6 Å². The second-order valence-electron chi connectivity index (χ2n) is 5.85. The number of benzene rings is 2. The Morgan fingerprint density at radius 2 is 1.65 bits per heavy atom. The molecule has 2 aromatic carbocycles. The number of hydrogen-bond donors (Lipinski definition) is 1. The van der Waals surface area contributed by atoms with E-state index in [9.17, 15) is 4.79 Å². The van der Waals surface area contributed by atoms with Crippen molar-refractivity contribution < 1.29 is 23.5 Å². The van der Waals surface area contributed by atoms with Crippen molar-refractivity contribution in [3.8, 4) is 23.3 Å². The van der Waals surface area contributed by atoms with Crippen LogP contribution in [0, 0.1) is 5.82 Å². The summed E-state index contributed by atoms with van der Waals surface area (Å²) >= 11 is 1.46. The van der Waals surface area contributed by atoms with E-state index in [1.807, 2.05) is 18.4 Å². The van der Waals surface area contributed by atoms with E-state index < -0.39 is 11.7 Å². The highest BCUT2D eigenvalue weighted by atomic mass is 32.2. The van der Waals surface area contributed by atoms with Gasteiger partial charge in [0.05, 0.1) is 5.56 Å². The molecular weight excluding hydrogens is 423 g/mol. The highest BCUT2D eigenvalue weighted by Crippen LogP contribution is 2.34. The Hall–Kier alpha value is -3.66. The smallest absolute Gasteiger partial charge is 0.273 e. The molecule has 0 fully saturated rings. The summed E-state index contributed by atoms with van der Waals surface area (Å²) in [5.41, 5.74) is 0.248. The molecular formula is C21H19FN4O4S. The van der Waals surface area contributed by atoms with E-state index in [0.29, 0.717) is 5.75 Å². The molecule has 31 heavy (non-hydrogen) atoms. The third-order valence-corrected chi connectivity index (χ3v) is 4.75. The van der Waals surface area contributed by atoms with Gasteiger partial charge in [-0.2, -0.15) is 14.4 Å². The van der Waals surface area contributed by atoms with Crippen LogP contribution in [0.5, 0.6) is 23.3 Å². The molecule has 1 aromatic heterocycles. The molecule has 10 heteroatoms. The van der Waals surface area contributed by atoms with Crippen molar-refractivity contribution in [3.05, 3.63) is 66.2 Å². The third kappa shape index (κ3) is 5.10. The number of carbonyl (C=O) groups is 1. The van der Waals surface area contributed by atoms with Crippen molar-refractivity contribution in [3.63, 3.8) is 0 Å². The number of thioether (sulfide) groups is 1. The van der Waals surface area contributed by atoms with Gasteiger partial charge in [0.1, 0.15) is 24.9 Å². The van der Waals surface area contributed by atoms with Crippen molar-refractivity contribution >= 4 is 23.4 Å². The number of para-hydroxylation sites is 2. The first-order chi connectivity index (χ1) is 15.1. The lowest BCUT2D eigenvalue weighted by Crippen LogP contribution is -2.28. The number of hydrogen-bond acceptors (Lipinski definition) is 8.